The minimum absolute atomic E-state index is 0.159. The molecule has 1 amide bonds. The van der Waals surface area contributed by atoms with Gasteiger partial charge in [0, 0.05) is 44.2 Å². The van der Waals surface area contributed by atoms with Crippen LogP contribution in [0.15, 0.2) is 18.2 Å². The molecule has 0 radical (unpaired) electrons. The highest BCUT2D eigenvalue weighted by Gasteiger charge is 2.22. The zero-order chi connectivity index (χ0) is 13.8. The molecule has 0 saturated carbocycles. The molecule has 1 heterocycles. The second-order valence-corrected chi connectivity index (χ2v) is 5.45. The molecule has 0 spiro atoms. The molecule has 1 aliphatic rings. The second kappa shape index (κ2) is 6.40. The number of rotatable bonds is 3. The zero-order valence-corrected chi connectivity index (χ0v) is 12.4. The number of benzene rings is 1. The summed E-state index contributed by atoms with van der Waals surface area (Å²) in [5.41, 5.74) is 3.10. The van der Waals surface area contributed by atoms with E-state index in [-0.39, 0.29) is 5.91 Å². The number of halogens is 1. The number of piperazine rings is 1. The molecule has 0 N–H and O–H groups in total. The Morgan fingerprint density at radius 3 is 2.53 bits per heavy atom. The van der Waals surface area contributed by atoms with Crippen molar-refractivity contribution in [1.29, 1.82) is 0 Å². The molecule has 0 atom stereocenters. The van der Waals surface area contributed by atoms with E-state index in [0.717, 1.165) is 43.9 Å². The Kier molecular flexibility index (Phi) is 4.83. The van der Waals surface area contributed by atoms with Crippen LogP contribution in [0.1, 0.15) is 21.5 Å². The standard InChI is InChI=1S/C15H21ClN2O/c1-12-4-3-5-14(13(12)2)15(19)18-10-8-17(7-6-16)9-11-18/h3-5H,6-11H2,1-2H3. The summed E-state index contributed by atoms with van der Waals surface area (Å²) in [6.45, 7) is 8.41. The summed E-state index contributed by atoms with van der Waals surface area (Å²) in [6, 6.07) is 5.93. The van der Waals surface area contributed by atoms with Crippen LogP contribution in [-0.2, 0) is 0 Å². The lowest BCUT2D eigenvalue weighted by Gasteiger charge is -2.34. The molecular weight excluding hydrogens is 260 g/mol. The first kappa shape index (κ1) is 14.4. The van der Waals surface area contributed by atoms with Crippen molar-refractivity contribution in [3.05, 3.63) is 34.9 Å². The molecule has 1 aromatic carbocycles. The van der Waals surface area contributed by atoms with Gasteiger partial charge in [0.2, 0.25) is 0 Å². The van der Waals surface area contributed by atoms with Crippen LogP contribution in [0.5, 0.6) is 0 Å². The Morgan fingerprint density at radius 2 is 1.89 bits per heavy atom. The molecule has 104 valence electrons. The summed E-state index contributed by atoms with van der Waals surface area (Å²) in [5, 5.41) is 0. The van der Waals surface area contributed by atoms with Gasteiger partial charge < -0.3 is 4.90 Å². The molecule has 2 rings (SSSR count). The first-order valence-electron chi connectivity index (χ1n) is 6.77. The van der Waals surface area contributed by atoms with Crippen LogP contribution in [0.2, 0.25) is 0 Å². The van der Waals surface area contributed by atoms with Gasteiger partial charge in [0.05, 0.1) is 0 Å². The highest BCUT2D eigenvalue weighted by molar-refractivity contribution is 6.18. The summed E-state index contributed by atoms with van der Waals surface area (Å²) in [4.78, 5) is 16.8. The monoisotopic (exact) mass is 280 g/mol. The Hall–Kier alpha value is -1.06. The quantitative estimate of drug-likeness (QED) is 0.793. The van der Waals surface area contributed by atoms with Gasteiger partial charge in [-0.15, -0.1) is 11.6 Å². The van der Waals surface area contributed by atoms with Crippen LogP contribution in [-0.4, -0.2) is 54.3 Å². The Labute approximate surface area is 120 Å². The van der Waals surface area contributed by atoms with E-state index < -0.39 is 0 Å². The lowest BCUT2D eigenvalue weighted by Crippen LogP contribution is -2.49. The number of hydrogen-bond donors (Lipinski definition) is 0. The fourth-order valence-electron chi connectivity index (χ4n) is 2.45. The number of hydrogen-bond acceptors (Lipinski definition) is 2. The van der Waals surface area contributed by atoms with Crippen molar-refractivity contribution >= 4 is 17.5 Å². The molecule has 3 nitrogen and oxygen atoms in total. The Morgan fingerprint density at radius 1 is 1.21 bits per heavy atom. The van der Waals surface area contributed by atoms with Crippen LogP contribution < -0.4 is 0 Å². The third-order valence-corrected chi connectivity index (χ3v) is 4.06. The van der Waals surface area contributed by atoms with E-state index in [4.69, 9.17) is 11.6 Å². The van der Waals surface area contributed by atoms with Gasteiger partial charge in [-0.05, 0) is 31.0 Å². The fourth-order valence-corrected chi connectivity index (χ4v) is 2.69. The predicted octanol–water partition coefficient (Wildman–Crippen LogP) is 2.30. The number of nitrogens with zero attached hydrogens (tertiary/aromatic N) is 2. The Balaban J connectivity index is 2.03. The van der Waals surface area contributed by atoms with Gasteiger partial charge in [0.1, 0.15) is 0 Å². The average molecular weight is 281 g/mol. The summed E-state index contributed by atoms with van der Waals surface area (Å²) in [7, 11) is 0. The summed E-state index contributed by atoms with van der Waals surface area (Å²) >= 11 is 5.75. The van der Waals surface area contributed by atoms with Crippen molar-refractivity contribution in [2.45, 2.75) is 13.8 Å². The largest absolute Gasteiger partial charge is 0.336 e. The van der Waals surface area contributed by atoms with Crippen molar-refractivity contribution in [2.75, 3.05) is 38.6 Å². The first-order chi connectivity index (χ1) is 9.13. The van der Waals surface area contributed by atoms with Crippen molar-refractivity contribution in [2.24, 2.45) is 0 Å². The second-order valence-electron chi connectivity index (χ2n) is 5.07. The number of alkyl halides is 1. The zero-order valence-electron chi connectivity index (χ0n) is 11.7. The SMILES string of the molecule is Cc1cccc(C(=O)N2CCN(CCCl)CC2)c1C. The van der Waals surface area contributed by atoms with E-state index in [0.29, 0.717) is 5.88 Å². The van der Waals surface area contributed by atoms with Gasteiger partial charge in [-0.3, -0.25) is 9.69 Å². The van der Waals surface area contributed by atoms with E-state index >= 15 is 0 Å². The van der Waals surface area contributed by atoms with Crippen LogP contribution in [0, 0.1) is 13.8 Å². The molecule has 1 saturated heterocycles. The number of carbonyl (C=O) groups excluding carboxylic acids is 1. The van der Waals surface area contributed by atoms with E-state index in [1.807, 2.05) is 36.9 Å². The predicted molar refractivity (Wildman–Crippen MR) is 79.0 cm³/mol. The fraction of sp³-hybridized carbons (Fsp3) is 0.533. The van der Waals surface area contributed by atoms with Crippen molar-refractivity contribution in [3.63, 3.8) is 0 Å². The smallest absolute Gasteiger partial charge is 0.254 e. The van der Waals surface area contributed by atoms with E-state index in [2.05, 4.69) is 4.90 Å². The molecular formula is C15H21ClN2O. The van der Waals surface area contributed by atoms with Gasteiger partial charge in [-0.1, -0.05) is 12.1 Å². The summed E-state index contributed by atoms with van der Waals surface area (Å²) in [6.07, 6.45) is 0. The molecule has 1 fully saturated rings. The molecule has 1 aliphatic heterocycles. The maximum absolute atomic E-state index is 12.5. The molecule has 0 unspecified atom stereocenters. The van der Waals surface area contributed by atoms with Crippen molar-refractivity contribution in [1.82, 2.24) is 9.80 Å². The number of aryl methyl sites for hydroxylation is 1. The first-order valence-corrected chi connectivity index (χ1v) is 7.30. The van der Waals surface area contributed by atoms with Gasteiger partial charge in [0.25, 0.3) is 5.91 Å². The minimum Gasteiger partial charge on any atom is -0.336 e. The topological polar surface area (TPSA) is 23.6 Å². The van der Waals surface area contributed by atoms with Crippen LogP contribution in [0.4, 0.5) is 0 Å². The van der Waals surface area contributed by atoms with Gasteiger partial charge >= 0.3 is 0 Å². The molecule has 4 heteroatoms. The molecule has 0 bridgehead atoms. The minimum atomic E-state index is 0.159. The summed E-state index contributed by atoms with van der Waals surface area (Å²) in [5.74, 6) is 0.817. The van der Waals surface area contributed by atoms with Crippen LogP contribution in [0.3, 0.4) is 0 Å². The van der Waals surface area contributed by atoms with Crippen molar-refractivity contribution in [3.8, 4) is 0 Å². The van der Waals surface area contributed by atoms with E-state index in [9.17, 15) is 4.79 Å². The molecule has 0 aliphatic carbocycles. The van der Waals surface area contributed by atoms with Gasteiger partial charge in [-0.2, -0.15) is 0 Å². The third-order valence-electron chi connectivity index (χ3n) is 3.90. The van der Waals surface area contributed by atoms with Gasteiger partial charge in [0.15, 0.2) is 0 Å². The summed E-state index contributed by atoms with van der Waals surface area (Å²) < 4.78 is 0. The third kappa shape index (κ3) is 3.28. The maximum atomic E-state index is 12.5. The highest BCUT2D eigenvalue weighted by atomic mass is 35.5. The van der Waals surface area contributed by atoms with Crippen molar-refractivity contribution < 1.29 is 4.79 Å². The average Bonchev–Trinajstić information content (AvgIpc) is 2.42. The van der Waals surface area contributed by atoms with Crippen LogP contribution in [0.25, 0.3) is 0 Å². The lowest BCUT2D eigenvalue weighted by atomic mass is 10.0. The molecule has 0 aromatic heterocycles. The van der Waals surface area contributed by atoms with Crippen LogP contribution >= 0.6 is 11.6 Å². The van der Waals surface area contributed by atoms with E-state index in [1.54, 1.807) is 0 Å². The maximum Gasteiger partial charge on any atom is 0.254 e. The molecule has 19 heavy (non-hydrogen) atoms. The number of carbonyl (C=O) groups is 1. The Bertz CT molecular complexity index is 453. The normalized spacial score (nSPS) is 16.7. The number of amides is 1. The highest BCUT2D eigenvalue weighted by Crippen LogP contribution is 2.16. The van der Waals surface area contributed by atoms with Gasteiger partial charge in [-0.25, -0.2) is 0 Å². The lowest BCUT2D eigenvalue weighted by molar-refractivity contribution is 0.0643. The van der Waals surface area contributed by atoms with E-state index in [1.165, 1.54) is 5.56 Å². The molecule has 1 aromatic rings.